The maximum absolute atomic E-state index is 12.0. The predicted octanol–water partition coefficient (Wildman–Crippen LogP) is 2.98. The Morgan fingerprint density at radius 3 is 2.75 bits per heavy atom. The summed E-state index contributed by atoms with van der Waals surface area (Å²) < 4.78 is 10.4. The van der Waals surface area contributed by atoms with Crippen LogP contribution in [0.2, 0.25) is 0 Å². The number of nitrogens with zero attached hydrogens (tertiary/aromatic N) is 2. The van der Waals surface area contributed by atoms with E-state index in [1.165, 1.54) is 0 Å². The van der Waals surface area contributed by atoms with Crippen molar-refractivity contribution in [3.63, 3.8) is 0 Å². The third kappa shape index (κ3) is 3.51. The van der Waals surface area contributed by atoms with Gasteiger partial charge in [-0.1, -0.05) is 48.8 Å². The summed E-state index contributed by atoms with van der Waals surface area (Å²) in [5.74, 6) is 0.794. The minimum Gasteiger partial charge on any atom is -0.373 e. The highest BCUT2D eigenvalue weighted by atomic mass is 16.5. The molecule has 1 aromatic carbocycles. The average Bonchev–Trinajstić information content (AvgIpc) is 2.94. The van der Waals surface area contributed by atoms with Gasteiger partial charge in [0.15, 0.2) is 5.78 Å². The van der Waals surface area contributed by atoms with E-state index < -0.39 is 0 Å². The van der Waals surface area contributed by atoms with E-state index in [4.69, 9.17) is 9.26 Å². The van der Waals surface area contributed by atoms with Gasteiger partial charge in [0.2, 0.25) is 11.7 Å². The summed E-state index contributed by atoms with van der Waals surface area (Å²) in [4.78, 5) is 16.3. The van der Waals surface area contributed by atoms with Crippen LogP contribution in [0.15, 0.2) is 34.9 Å². The molecular formula is C15H18N2O3. The van der Waals surface area contributed by atoms with Crippen molar-refractivity contribution in [3.8, 4) is 0 Å². The number of rotatable bonds is 7. The van der Waals surface area contributed by atoms with Crippen molar-refractivity contribution in [3.05, 3.63) is 47.6 Å². The van der Waals surface area contributed by atoms with Gasteiger partial charge in [-0.05, 0) is 6.42 Å². The normalized spacial score (nSPS) is 12.3. The number of hydrogen-bond donors (Lipinski definition) is 0. The average molecular weight is 274 g/mol. The van der Waals surface area contributed by atoms with E-state index >= 15 is 0 Å². The van der Waals surface area contributed by atoms with Crippen LogP contribution in [0.25, 0.3) is 0 Å². The molecule has 2 aromatic rings. The molecule has 0 aliphatic carbocycles. The van der Waals surface area contributed by atoms with Crippen LogP contribution in [0.3, 0.4) is 0 Å². The number of methoxy groups -OCH3 is 1. The molecule has 0 amide bonds. The molecule has 2 rings (SSSR count). The van der Waals surface area contributed by atoms with Gasteiger partial charge in [-0.25, -0.2) is 0 Å². The molecule has 0 N–H and O–H groups in total. The molecule has 0 fully saturated rings. The van der Waals surface area contributed by atoms with Crippen molar-refractivity contribution in [1.29, 1.82) is 0 Å². The quantitative estimate of drug-likeness (QED) is 0.726. The molecule has 1 aromatic heterocycles. The molecule has 0 bridgehead atoms. The molecule has 106 valence electrons. The Labute approximate surface area is 118 Å². The Balaban J connectivity index is 2.04. The number of hydrogen-bond acceptors (Lipinski definition) is 5. The smallest absolute Gasteiger partial charge is 0.234 e. The molecule has 1 unspecified atom stereocenters. The second kappa shape index (κ2) is 6.96. The molecule has 5 heteroatoms. The molecule has 0 radical (unpaired) electrons. The zero-order chi connectivity index (χ0) is 14.4. The Kier molecular flexibility index (Phi) is 5.01. The number of carbonyl (C=O) groups is 1. The lowest BCUT2D eigenvalue weighted by Crippen LogP contribution is -2.05. The fraction of sp³-hybridized carbons (Fsp3) is 0.400. The molecule has 20 heavy (non-hydrogen) atoms. The molecule has 5 nitrogen and oxygen atoms in total. The highest BCUT2D eigenvalue weighted by molar-refractivity contribution is 5.96. The van der Waals surface area contributed by atoms with Crippen molar-refractivity contribution in [2.24, 2.45) is 0 Å². The van der Waals surface area contributed by atoms with Crippen molar-refractivity contribution in [2.45, 2.75) is 32.3 Å². The number of carbonyl (C=O) groups excluding carboxylic acids is 1. The predicted molar refractivity (Wildman–Crippen MR) is 73.4 cm³/mol. The summed E-state index contributed by atoms with van der Waals surface area (Å²) in [6.07, 6.45) is 1.72. The number of benzene rings is 1. The van der Waals surface area contributed by atoms with Gasteiger partial charge in [-0.15, -0.1) is 0 Å². The Morgan fingerprint density at radius 1 is 1.35 bits per heavy atom. The van der Waals surface area contributed by atoms with E-state index in [0.29, 0.717) is 17.3 Å². The van der Waals surface area contributed by atoms with Gasteiger partial charge in [0, 0.05) is 12.7 Å². The first-order valence-electron chi connectivity index (χ1n) is 6.68. The summed E-state index contributed by atoms with van der Waals surface area (Å²) in [6.45, 7) is 2.06. The maximum Gasteiger partial charge on any atom is 0.234 e. The zero-order valence-corrected chi connectivity index (χ0v) is 11.7. The molecule has 0 saturated carbocycles. The summed E-state index contributed by atoms with van der Waals surface area (Å²) in [6, 6.07) is 9.07. The maximum atomic E-state index is 12.0. The fourth-order valence-electron chi connectivity index (χ4n) is 1.95. The van der Waals surface area contributed by atoms with Crippen LogP contribution >= 0.6 is 0 Å². The van der Waals surface area contributed by atoms with Gasteiger partial charge < -0.3 is 9.26 Å². The van der Waals surface area contributed by atoms with E-state index in [2.05, 4.69) is 17.1 Å². The first kappa shape index (κ1) is 14.4. The van der Waals surface area contributed by atoms with Crippen LogP contribution in [-0.2, 0) is 11.2 Å². The number of Topliss-reactive ketones (excluding diaryl/α,β-unsaturated/α-hetero) is 1. The second-order valence-corrected chi connectivity index (χ2v) is 4.53. The number of aromatic nitrogens is 2. The Bertz CT molecular complexity index is 551. The van der Waals surface area contributed by atoms with Gasteiger partial charge in [0.25, 0.3) is 0 Å². The third-order valence-corrected chi connectivity index (χ3v) is 3.01. The summed E-state index contributed by atoms with van der Waals surface area (Å²) in [5, 5.41) is 3.89. The van der Waals surface area contributed by atoms with Crippen molar-refractivity contribution < 1.29 is 14.1 Å². The van der Waals surface area contributed by atoms with E-state index in [-0.39, 0.29) is 18.3 Å². The highest BCUT2D eigenvalue weighted by Crippen LogP contribution is 2.19. The monoisotopic (exact) mass is 274 g/mol. The molecule has 0 saturated heterocycles. The minimum absolute atomic E-state index is 0.0368. The molecular weight excluding hydrogens is 256 g/mol. The fourth-order valence-corrected chi connectivity index (χ4v) is 1.95. The van der Waals surface area contributed by atoms with Gasteiger partial charge in [-0.3, -0.25) is 4.79 Å². The minimum atomic E-state index is -0.177. The largest absolute Gasteiger partial charge is 0.373 e. The Hall–Kier alpha value is -2.01. The van der Waals surface area contributed by atoms with Gasteiger partial charge in [0.05, 0.1) is 6.42 Å². The summed E-state index contributed by atoms with van der Waals surface area (Å²) in [5.41, 5.74) is 0.643. The number of ketones is 1. The van der Waals surface area contributed by atoms with E-state index in [1.807, 2.05) is 18.2 Å². The molecule has 1 heterocycles. The van der Waals surface area contributed by atoms with Crippen molar-refractivity contribution >= 4 is 5.78 Å². The molecule has 0 aliphatic heterocycles. The third-order valence-electron chi connectivity index (χ3n) is 3.01. The highest BCUT2D eigenvalue weighted by Gasteiger charge is 2.18. The van der Waals surface area contributed by atoms with Crippen LogP contribution < -0.4 is 0 Å². The zero-order valence-electron chi connectivity index (χ0n) is 11.7. The van der Waals surface area contributed by atoms with Gasteiger partial charge >= 0.3 is 0 Å². The van der Waals surface area contributed by atoms with Crippen molar-refractivity contribution in [2.75, 3.05) is 7.11 Å². The van der Waals surface area contributed by atoms with Gasteiger partial charge in [0.1, 0.15) is 6.10 Å². The SMILES string of the molecule is CCCC(OC)c1noc(CC(=O)c2ccccc2)n1. The summed E-state index contributed by atoms with van der Waals surface area (Å²) >= 11 is 0. The van der Waals surface area contributed by atoms with Crippen LogP contribution in [0.1, 0.15) is 47.9 Å². The lowest BCUT2D eigenvalue weighted by Gasteiger charge is -2.08. The number of ether oxygens (including phenoxy) is 1. The van der Waals surface area contributed by atoms with E-state index in [1.54, 1.807) is 19.2 Å². The van der Waals surface area contributed by atoms with Crippen LogP contribution in [-0.4, -0.2) is 23.0 Å². The lowest BCUT2D eigenvalue weighted by atomic mass is 10.1. The van der Waals surface area contributed by atoms with Crippen LogP contribution in [0.5, 0.6) is 0 Å². The summed E-state index contributed by atoms with van der Waals surface area (Å²) in [7, 11) is 1.62. The second-order valence-electron chi connectivity index (χ2n) is 4.53. The van der Waals surface area contributed by atoms with Crippen LogP contribution in [0, 0.1) is 0 Å². The van der Waals surface area contributed by atoms with Crippen molar-refractivity contribution in [1.82, 2.24) is 10.1 Å². The molecule has 0 spiro atoms. The van der Waals surface area contributed by atoms with Crippen LogP contribution in [0.4, 0.5) is 0 Å². The Morgan fingerprint density at radius 2 is 2.10 bits per heavy atom. The molecule has 0 aliphatic rings. The standard InChI is InChI=1S/C15H18N2O3/c1-3-7-13(19-2)15-16-14(20-17-15)10-12(18)11-8-5-4-6-9-11/h4-6,8-9,13H,3,7,10H2,1-2H3. The molecule has 1 atom stereocenters. The first-order chi connectivity index (χ1) is 9.74. The van der Waals surface area contributed by atoms with E-state index in [0.717, 1.165) is 12.8 Å². The van der Waals surface area contributed by atoms with E-state index in [9.17, 15) is 4.79 Å². The lowest BCUT2D eigenvalue weighted by molar-refractivity contribution is 0.0854. The first-order valence-corrected chi connectivity index (χ1v) is 6.68. The van der Waals surface area contributed by atoms with Gasteiger partial charge in [-0.2, -0.15) is 4.98 Å². The topological polar surface area (TPSA) is 65.2 Å².